The topological polar surface area (TPSA) is 42.4 Å². The minimum Gasteiger partial charge on any atom is -0.379 e. The van der Waals surface area contributed by atoms with Crippen molar-refractivity contribution in [2.24, 2.45) is 0 Å². The van der Waals surface area contributed by atoms with E-state index < -0.39 is 0 Å². The molecule has 4 heteroatoms. The van der Waals surface area contributed by atoms with E-state index in [1.807, 2.05) is 17.2 Å². The molecule has 1 fully saturated rings. The van der Waals surface area contributed by atoms with Crippen molar-refractivity contribution in [2.45, 2.75) is 39.2 Å². The Labute approximate surface area is 114 Å². The average Bonchev–Trinajstić information content (AvgIpc) is 2.55. The van der Waals surface area contributed by atoms with Gasteiger partial charge in [-0.05, 0) is 11.6 Å². The summed E-state index contributed by atoms with van der Waals surface area (Å²) < 4.78 is 5.32. The first-order valence-electron chi connectivity index (χ1n) is 6.78. The van der Waals surface area contributed by atoms with E-state index in [0.717, 1.165) is 11.3 Å². The molecule has 1 aliphatic heterocycles. The van der Waals surface area contributed by atoms with Crippen LogP contribution in [0.2, 0.25) is 0 Å². The van der Waals surface area contributed by atoms with Crippen LogP contribution in [0.25, 0.3) is 0 Å². The van der Waals surface area contributed by atoms with Gasteiger partial charge >= 0.3 is 0 Å². The summed E-state index contributed by atoms with van der Waals surface area (Å²) in [7, 11) is 0. The van der Waals surface area contributed by atoms with Crippen molar-refractivity contribution in [1.82, 2.24) is 9.88 Å². The highest BCUT2D eigenvalue weighted by atomic mass is 16.5. The van der Waals surface area contributed by atoms with E-state index in [1.54, 1.807) is 0 Å². The molecule has 0 bridgehead atoms. The fraction of sp³-hybridized carbons (Fsp3) is 0.600. The number of aromatic nitrogens is 1. The molecule has 0 N–H and O–H groups in total. The van der Waals surface area contributed by atoms with Crippen LogP contribution in [0.4, 0.5) is 0 Å². The molecule has 4 nitrogen and oxygen atoms in total. The molecule has 1 saturated heterocycles. The van der Waals surface area contributed by atoms with Crippen molar-refractivity contribution in [1.29, 1.82) is 0 Å². The highest BCUT2D eigenvalue weighted by Gasteiger charge is 2.18. The average molecular weight is 262 g/mol. The number of pyridine rings is 1. The van der Waals surface area contributed by atoms with Gasteiger partial charge in [0, 0.05) is 30.4 Å². The molecule has 0 aliphatic carbocycles. The molecule has 1 amide bonds. The maximum atomic E-state index is 11.9. The second-order valence-corrected chi connectivity index (χ2v) is 5.98. The zero-order valence-electron chi connectivity index (χ0n) is 12.0. The maximum absolute atomic E-state index is 11.9. The molecule has 1 aromatic heterocycles. The van der Waals surface area contributed by atoms with Gasteiger partial charge in [0.15, 0.2) is 0 Å². The maximum Gasteiger partial charge on any atom is 0.225 e. The largest absolute Gasteiger partial charge is 0.379 e. The first-order chi connectivity index (χ1) is 8.97. The Kier molecular flexibility index (Phi) is 4.20. The van der Waals surface area contributed by atoms with E-state index >= 15 is 0 Å². The van der Waals surface area contributed by atoms with Gasteiger partial charge < -0.3 is 9.64 Å². The zero-order chi connectivity index (χ0) is 13.9. The van der Waals surface area contributed by atoms with E-state index in [1.165, 1.54) is 0 Å². The smallest absolute Gasteiger partial charge is 0.225 e. The number of nitrogens with zero attached hydrogens (tertiary/aromatic N) is 2. The molecular weight excluding hydrogens is 240 g/mol. The summed E-state index contributed by atoms with van der Waals surface area (Å²) in [6, 6.07) is 4.11. The van der Waals surface area contributed by atoms with Crippen LogP contribution >= 0.6 is 0 Å². The van der Waals surface area contributed by atoms with Crippen LogP contribution in [-0.2, 0) is 21.5 Å². The lowest BCUT2D eigenvalue weighted by atomic mass is 9.91. The lowest BCUT2D eigenvalue weighted by Crippen LogP contribution is -2.31. The molecule has 0 unspecified atom stereocenters. The number of carbonyl (C=O) groups is 1. The monoisotopic (exact) mass is 262 g/mol. The second-order valence-electron chi connectivity index (χ2n) is 5.98. The third-order valence-electron chi connectivity index (χ3n) is 3.29. The van der Waals surface area contributed by atoms with Crippen LogP contribution in [0.5, 0.6) is 0 Å². The van der Waals surface area contributed by atoms with Crippen LogP contribution in [0.3, 0.4) is 0 Å². The van der Waals surface area contributed by atoms with Crippen molar-refractivity contribution in [3.8, 4) is 0 Å². The summed E-state index contributed by atoms with van der Waals surface area (Å²) >= 11 is 0. The molecule has 0 radical (unpaired) electrons. The molecule has 104 valence electrons. The summed E-state index contributed by atoms with van der Waals surface area (Å²) in [4.78, 5) is 18.2. The molecule has 0 spiro atoms. The summed E-state index contributed by atoms with van der Waals surface area (Å²) in [5.41, 5.74) is 2.20. The van der Waals surface area contributed by atoms with Gasteiger partial charge in [0.05, 0.1) is 19.6 Å². The first-order valence-corrected chi connectivity index (χ1v) is 6.78. The molecule has 2 heterocycles. The normalized spacial score (nSPS) is 17.4. The van der Waals surface area contributed by atoms with Crippen molar-refractivity contribution in [2.75, 3.05) is 19.8 Å². The van der Waals surface area contributed by atoms with Crippen molar-refractivity contribution in [3.63, 3.8) is 0 Å². The van der Waals surface area contributed by atoms with Gasteiger partial charge in [-0.25, -0.2) is 0 Å². The number of hydrogen-bond donors (Lipinski definition) is 0. The molecule has 1 aliphatic rings. The minimum absolute atomic E-state index is 0.0603. The Morgan fingerprint density at radius 3 is 2.74 bits per heavy atom. The van der Waals surface area contributed by atoms with Crippen molar-refractivity contribution in [3.05, 3.63) is 29.6 Å². The second kappa shape index (κ2) is 5.70. The number of carbonyl (C=O) groups excluding carboxylic acids is 1. The number of rotatable bonds is 2. The molecular formula is C15H22N2O2. The quantitative estimate of drug-likeness (QED) is 0.820. The SMILES string of the molecule is CC(C)(C)c1ccc(CN2CCOCCC2=O)cn1. The summed E-state index contributed by atoms with van der Waals surface area (Å²) in [5.74, 6) is 0.164. The molecule has 19 heavy (non-hydrogen) atoms. The van der Waals surface area contributed by atoms with Crippen LogP contribution in [0.1, 0.15) is 38.4 Å². The summed E-state index contributed by atoms with van der Waals surface area (Å²) in [5, 5.41) is 0. The van der Waals surface area contributed by atoms with Crippen molar-refractivity contribution < 1.29 is 9.53 Å². The Hall–Kier alpha value is -1.42. The van der Waals surface area contributed by atoms with Crippen LogP contribution in [-0.4, -0.2) is 35.5 Å². The van der Waals surface area contributed by atoms with Crippen LogP contribution in [0.15, 0.2) is 18.3 Å². The van der Waals surface area contributed by atoms with E-state index in [2.05, 4.69) is 31.8 Å². The van der Waals surface area contributed by atoms with E-state index in [9.17, 15) is 4.79 Å². The van der Waals surface area contributed by atoms with Gasteiger partial charge in [-0.2, -0.15) is 0 Å². The number of ether oxygens (including phenoxy) is 1. The van der Waals surface area contributed by atoms with Gasteiger partial charge in [-0.15, -0.1) is 0 Å². The lowest BCUT2D eigenvalue weighted by molar-refractivity contribution is -0.131. The van der Waals surface area contributed by atoms with Crippen LogP contribution in [0, 0.1) is 0 Å². The third kappa shape index (κ3) is 3.77. The van der Waals surface area contributed by atoms with E-state index in [4.69, 9.17) is 4.74 Å². The summed E-state index contributed by atoms with van der Waals surface area (Å²) in [6.07, 6.45) is 2.35. The number of amides is 1. The molecule has 0 atom stereocenters. The zero-order valence-corrected chi connectivity index (χ0v) is 12.0. The van der Waals surface area contributed by atoms with Gasteiger partial charge in [-0.1, -0.05) is 26.8 Å². The fourth-order valence-electron chi connectivity index (χ4n) is 2.07. The van der Waals surface area contributed by atoms with Gasteiger partial charge in [0.2, 0.25) is 5.91 Å². The molecule has 0 aromatic carbocycles. The minimum atomic E-state index is 0.0603. The Balaban J connectivity index is 2.04. The van der Waals surface area contributed by atoms with E-state index in [0.29, 0.717) is 32.7 Å². The first kappa shape index (κ1) is 14.0. The number of hydrogen-bond acceptors (Lipinski definition) is 3. The Morgan fingerprint density at radius 2 is 2.11 bits per heavy atom. The predicted molar refractivity (Wildman–Crippen MR) is 73.8 cm³/mol. The van der Waals surface area contributed by atoms with Gasteiger partial charge in [0.25, 0.3) is 0 Å². The van der Waals surface area contributed by atoms with Crippen molar-refractivity contribution >= 4 is 5.91 Å². The summed E-state index contributed by atoms with van der Waals surface area (Å²) in [6.45, 7) is 8.88. The molecule has 2 rings (SSSR count). The van der Waals surface area contributed by atoms with Gasteiger partial charge in [0.1, 0.15) is 0 Å². The predicted octanol–water partition coefficient (Wildman–Crippen LogP) is 2.13. The lowest BCUT2D eigenvalue weighted by Gasteiger charge is -2.21. The van der Waals surface area contributed by atoms with Gasteiger partial charge in [-0.3, -0.25) is 9.78 Å². The van der Waals surface area contributed by atoms with E-state index in [-0.39, 0.29) is 11.3 Å². The Morgan fingerprint density at radius 1 is 1.32 bits per heavy atom. The standard InChI is InChI=1S/C15H22N2O2/c1-15(2,3)13-5-4-12(10-16-13)11-17-7-9-19-8-6-14(17)18/h4-5,10H,6-9,11H2,1-3H3. The highest BCUT2D eigenvalue weighted by Crippen LogP contribution is 2.20. The third-order valence-corrected chi connectivity index (χ3v) is 3.29. The molecule has 0 saturated carbocycles. The molecule has 1 aromatic rings. The van der Waals surface area contributed by atoms with Crippen LogP contribution < -0.4 is 0 Å². The highest BCUT2D eigenvalue weighted by molar-refractivity contribution is 5.76. The Bertz CT molecular complexity index is 434. The fourth-order valence-corrected chi connectivity index (χ4v) is 2.07.